The van der Waals surface area contributed by atoms with Crippen LogP contribution in [0, 0.1) is 87.4 Å². The molecule has 0 aliphatic carbocycles. The summed E-state index contributed by atoms with van der Waals surface area (Å²) < 4.78 is 18.5. The summed E-state index contributed by atoms with van der Waals surface area (Å²) in [5.74, 6) is 2.49. The van der Waals surface area contributed by atoms with Gasteiger partial charge in [0.2, 0.25) is 0 Å². The van der Waals surface area contributed by atoms with E-state index in [0.29, 0.717) is 0 Å². The number of allylic oxidation sites excluding steroid dienone is 6. The Balaban J connectivity index is 0.000000313. The first-order valence-electron chi connectivity index (χ1n) is 37.3. The number of aromatic nitrogens is 3. The van der Waals surface area contributed by atoms with E-state index in [1.54, 1.807) is 0 Å². The molecule has 3 radical (unpaired) electrons. The Labute approximate surface area is 711 Å². The minimum Gasteiger partial charge on any atom is -0.512 e. The van der Waals surface area contributed by atoms with E-state index in [2.05, 4.69) is 296 Å². The molecule has 15 heteroatoms. The van der Waals surface area contributed by atoms with Gasteiger partial charge in [0.25, 0.3) is 0 Å². The third-order valence-electron chi connectivity index (χ3n) is 18.0. The van der Waals surface area contributed by atoms with Crippen LogP contribution >= 0.6 is 0 Å². The summed E-state index contributed by atoms with van der Waals surface area (Å²) in [5, 5.41) is 28.3. The molecule has 0 saturated heterocycles. The smallest absolute Gasteiger partial charge is 0.155 e. The van der Waals surface area contributed by atoms with Crippen molar-refractivity contribution in [1.29, 1.82) is 0 Å². The Morgan fingerprint density at radius 1 is 0.327 bits per heavy atom. The third-order valence-corrected chi connectivity index (χ3v) is 18.0. The van der Waals surface area contributed by atoms with Crippen molar-refractivity contribution < 1.29 is 103 Å². The van der Waals surface area contributed by atoms with Crippen LogP contribution in [-0.4, -0.2) is 47.6 Å². The minimum atomic E-state index is -0.125. The van der Waals surface area contributed by atoms with Crippen molar-refractivity contribution >= 4 is 50.3 Å². The number of hydrogen-bond acceptors (Lipinski definition) is 12. The van der Waals surface area contributed by atoms with Gasteiger partial charge in [-0.1, -0.05) is 169 Å². The second-order valence-electron chi connectivity index (χ2n) is 33.4. The number of aliphatic hydroxyl groups excluding tert-OH is 3. The van der Waals surface area contributed by atoms with Crippen molar-refractivity contribution in [2.75, 3.05) is 0 Å². The van der Waals surface area contributed by atoms with E-state index in [1.165, 1.54) is 132 Å². The maximum atomic E-state index is 10.0. The number of pyridine rings is 3. The summed E-state index contributed by atoms with van der Waals surface area (Å²) in [4.78, 5) is 44.1. The van der Waals surface area contributed by atoms with Crippen LogP contribution in [-0.2, 0) is 96.4 Å². The first-order valence-corrected chi connectivity index (χ1v) is 37.3. The van der Waals surface area contributed by atoms with Crippen molar-refractivity contribution in [1.82, 2.24) is 15.0 Å². The number of aliphatic hydroxyl groups is 3. The van der Waals surface area contributed by atoms with Gasteiger partial charge in [0.1, 0.15) is 17.3 Å². The number of rotatable bonds is 9. The van der Waals surface area contributed by atoms with Gasteiger partial charge in [0.05, 0.1) is 35.9 Å². The first kappa shape index (κ1) is 96.3. The molecule has 6 heterocycles. The van der Waals surface area contributed by atoms with Gasteiger partial charge in [0.15, 0.2) is 34.1 Å². The van der Waals surface area contributed by atoms with Gasteiger partial charge in [-0.25, -0.2) is 0 Å². The van der Waals surface area contributed by atoms with Crippen LogP contribution in [0.3, 0.4) is 0 Å². The second kappa shape index (κ2) is 40.3. The average Bonchev–Trinajstić information content (AvgIpc) is 1.67. The number of furan rings is 3. The quantitative estimate of drug-likeness (QED) is 0.0705. The molecule has 0 fully saturated rings. The standard InChI is InChI=1S/C30H34NO.C27H28NO.C26H26NO.3C5H8O2.3Ir/c1-18-10-21(14-23(11-18)29(4,5)6)25-15-22-16-26(32-27(22)17-31-25)28-19(2)12-24(13-20(28)3)30(7,8)9;1-16-8-18(3)26(19(4)9-16)24-14-21-13-23(28-15-25(21)29-24)20-10-17(2)11-22(12-20)27(5,6)7;1-16-7-17(2)10-20(9-16)24-14-21-13-23(27-15-25(21)28-24)19-8-18(3)11-22(12-19)26(4,5)6;3*1-4(6)3-5(2)7;;;/h11-17H,1-9H3;8-9,11-15H,1-7H3;7,9-15H,1-6H3;3*3,6H,1-2H3;;;/q3*-1;;;;;;. The van der Waals surface area contributed by atoms with Crippen molar-refractivity contribution in [3.05, 3.63) is 265 Å². The molecule has 0 bridgehead atoms. The second-order valence-corrected chi connectivity index (χ2v) is 33.4. The summed E-state index contributed by atoms with van der Waals surface area (Å²) >= 11 is 0. The Morgan fingerprint density at radius 2 is 0.575 bits per heavy atom. The fraction of sp³-hybridized carbons (Fsp3) is 0.327. The van der Waals surface area contributed by atoms with Crippen LogP contribution in [0.5, 0.6) is 0 Å². The minimum absolute atomic E-state index is 0. The summed E-state index contributed by atoms with van der Waals surface area (Å²) in [6.07, 6.45) is 9.00. The molecule has 0 amide bonds. The van der Waals surface area contributed by atoms with Crippen LogP contribution in [0.2, 0.25) is 0 Å². The number of aryl methyl sites for hydroxylation is 10. The summed E-state index contributed by atoms with van der Waals surface area (Å²) in [6.45, 7) is 56.7. The summed E-state index contributed by atoms with van der Waals surface area (Å²) in [6, 6.07) is 51.8. The van der Waals surface area contributed by atoms with E-state index in [4.69, 9.17) is 33.6 Å². The van der Waals surface area contributed by atoms with Gasteiger partial charge in [-0.2, -0.15) is 0 Å². The Kier molecular flexibility index (Phi) is 34.4. The fourth-order valence-corrected chi connectivity index (χ4v) is 12.9. The molecule has 0 aliphatic heterocycles. The van der Waals surface area contributed by atoms with E-state index in [-0.39, 0.29) is 117 Å². The predicted molar refractivity (Wildman–Crippen MR) is 455 cm³/mol. The molecule has 0 unspecified atom stereocenters. The molecule has 6 aromatic heterocycles. The largest absolute Gasteiger partial charge is 0.512 e. The van der Waals surface area contributed by atoms with Crippen LogP contribution in [0.4, 0.5) is 0 Å². The zero-order chi connectivity index (χ0) is 82.0. The molecule has 603 valence electrons. The van der Waals surface area contributed by atoms with Gasteiger partial charge in [-0.15, -0.1) is 105 Å². The van der Waals surface area contributed by atoms with E-state index in [0.717, 1.165) is 106 Å². The Hall–Kier alpha value is -9.03. The molecule has 113 heavy (non-hydrogen) atoms. The first-order chi connectivity index (χ1) is 51.0. The number of benzene rings is 6. The number of nitrogens with zero attached hydrogens (tertiary/aromatic N) is 3. The number of ketones is 3. The van der Waals surface area contributed by atoms with Crippen LogP contribution in [0.1, 0.15) is 203 Å². The normalized spacial score (nSPS) is 11.7. The molecule has 0 atom stereocenters. The molecular formula is C98H112Ir3N3O9-3. The number of hydrogen-bond donors (Lipinski definition) is 3. The van der Waals surface area contributed by atoms with E-state index in [9.17, 15) is 14.4 Å². The van der Waals surface area contributed by atoms with E-state index >= 15 is 0 Å². The zero-order valence-electron chi connectivity index (χ0n) is 71.1. The van der Waals surface area contributed by atoms with E-state index in [1.807, 2.05) is 18.6 Å². The predicted octanol–water partition coefficient (Wildman–Crippen LogP) is 26.3. The number of fused-ring (bicyclic) bond motifs is 3. The molecule has 3 N–H and O–H groups in total. The molecule has 12 aromatic rings. The Morgan fingerprint density at radius 3 is 0.832 bits per heavy atom. The third kappa shape index (κ3) is 27.9. The van der Waals surface area contributed by atoms with Crippen molar-refractivity contribution in [2.24, 2.45) is 0 Å². The van der Waals surface area contributed by atoms with Crippen molar-refractivity contribution in [2.45, 2.75) is 216 Å². The molecule has 12 rings (SSSR count). The topological polar surface area (TPSA) is 190 Å². The summed E-state index contributed by atoms with van der Waals surface area (Å²) in [7, 11) is 0. The van der Waals surface area contributed by atoms with Crippen molar-refractivity contribution in [3.63, 3.8) is 0 Å². The molecule has 0 spiro atoms. The monoisotopic (exact) mass is 2050 g/mol. The SMILES string of the molecule is CC(=O)C=C(C)O.CC(=O)C=C(C)O.CC(=O)C=C(C)O.Cc1[c-]c(-c2cc3cc(-c4c(C)cc(C(C)(C)C)cc4C)oc3cn2)cc(C(C)(C)C)c1.Cc1[c-]c(-c2cc3cc(-c4c(C)cc(C)cc4C)oc3cn2)cc(C(C)(C)C)c1.Cc1[c-]c(-c2cc3cc(-c4cc(C)cc(C)c4)oc3cn2)cc(C(C)(C)C)c1.[Ir].[Ir].[Ir]. The van der Waals surface area contributed by atoms with Crippen LogP contribution < -0.4 is 0 Å². The maximum absolute atomic E-state index is 10.0. The van der Waals surface area contributed by atoms with Gasteiger partial charge >= 0.3 is 0 Å². The van der Waals surface area contributed by atoms with Gasteiger partial charge in [-0.3, -0.25) is 14.4 Å². The van der Waals surface area contributed by atoms with Crippen molar-refractivity contribution in [3.8, 4) is 67.7 Å². The zero-order valence-corrected chi connectivity index (χ0v) is 78.3. The van der Waals surface area contributed by atoms with Crippen LogP contribution in [0.15, 0.2) is 183 Å². The number of carbonyl (C=O) groups excluding carboxylic acids is 3. The molecule has 6 aromatic carbocycles. The fourth-order valence-electron chi connectivity index (χ4n) is 12.9. The van der Waals surface area contributed by atoms with E-state index < -0.39 is 0 Å². The van der Waals surface area contributed by atoms with Gasteiger partial charge < -0.3 is 43.5 Å². The molecule has 12 nitrogen and oxygen atoms in total. The Bertz CT molecular complexity index is 5330. The van der Waals surface area contributed by atoms with Gasteiger partial charge in [-0.05, 0) is 187 Å². The summed E-state index contributed by atoms with van der Waals surface area (Å²) in [5.41, 5.74) is 29.4. The average molecular weight is 2050 g/mol. The molecule has 0 aliphatic rings. The van der Waals surface area contributed by atoms with Gasteiger partial charge in [0, 0.05) is 111 Å². The molecular weight excluding hydrogens is 1940 g/mol. The number of carbonyl (C=O) groups is 3. The van der Waals surface area contributed by atoms with Crippen LogP contribution in [0.25, 0.3) is 101 Å². The molecule has 0 saturated carbocycles. The maximum Gasteiger partial charge on any atom is 0.155 e.